The number of hydrogen-bond donors (Lipinski definition) is 3. The van der Waals surface area contributed by atoms with Crippen LogP contribution in [0.15, 0.2) is 0 Å². The van der Waals surface area contributed by atoms with Gasteiger partial charge < -0.3 is 20.1 Å². The van der Waals surface area contributed by atoms with Crippen molar-refractivity contribution in [2.45, 2.75) is 136 Å². The van der Waals surface area contributed by atoms with Gasteiger partial charge in [0.15, 0.2) is 0 Å². The highest BCUT2D eigenvalue weighted by molar-refractivity contribution is 5.19. The van der Waals surface area contributed by atoms with Gasteiger partial charge >= 0.3 is 0 Å². The smallest absolute Gasteiger partial charge is 0.0861 e. The van der Waals surface area contributed by atoms with E-state index in [1.165, 1.54) is 19.3 Å². The Hall–Kier alpha value is -0.160. The molecule has 190 valence electrons. The van der Waals surface area contributed by atoms with E-state index in [0.29, 0.717) is 17.8 Å². The molecule has 5 fully saturated rings. The molecular weight excluding hydrogens is 412 g/mol. The SMILES string of the molecule is CC12CC[C@H](O)C(C)(C)C1CCC1(C)C2C[C@@H](O)C2C(C3CC[C@@H](C(C)(C)O)O3)CC[C@]21C. The fourth-order valence-corrected chi connectivity index (χ4v) is 10.7. The highest BCUT2D eigenvalue weighted by atomic mass is 16.5. The van der Waals surface area contributed by atoms with Crippen LogP contribution in [0, 0.1) is 45.3 Å². The number of aliphatic hydroxyl groups is 3. The van der Waals surface area contributed by atoms with Crippen molar-refractivity contribution >= 4 is 0 Å². The number of ether oxygens (including phenoxy) is 1. The summed E-state index contributed by atoms with van der Waals surface area (Å²) in [5, 5.41) is 33.2. The molecule has 0 aromatic rings. The molecular formula is C29H50O4. The van der Waals surface area contributed by atoms with E-state index in [1.807, 2.05) is 13.8 Å². The fraction of sp³-hybridized carbons (Fsp3) is 1.00. The van der Waals surface area contributed by atoms with Crippen LogP contribution in [-0.2, 0) is 4.74 Å². The lowest BCUT2D eigenvalue weighted by Gasteiger charge is -2.70. The van der Waals surface area contributed by atoms with Crippen molar-refractivity contribution in [3.63, 3.8) is 0 Å². The summed E-state index contributed by atoms with van der Waals surface area (Å²) in [5.74, 6) is 1.69. The topological polar surface area (TPSA) is 69.9 Å². The first-order valence-electron chi connectivity index (χ1n) is 13.9. The minimum atomic E-state index is -0.801. The molecule has 4 heteroatoms. The van der Waals surface area contributed by atoms with Crippen molar-refractivity contribution in [3.8, 4) is 0 Å². The van der Waals surface area contributed by atoms with E-state index in [-0.39, 0.29) is 52.0 Å². The minimum absolute atomic E-state index is 0.0565. The summed E-state index contributed by atoms with van der Waals surface area (Å²) in [4.78, 5) is 0. The molecule has 5 rings (SSSR count). The van der Waals surface area contributed by atoms with Gasteiger partial charge in [0.05, 0.1) is 30.0 Å². The average Bonchev–Trinajstić information content (AvgIpc) is 3.33. The second-order valence-corrected chi connectivity index (χ2v) is 14.8. The fourth-order valence-electron chi connectivity index (χ4n) is 10.7. The Morgan fingerprint density at radius 2 is 1.45 bits per heavy atom. The van der Waals surface area contributed by atoms with E-state index < -0.39 is 5.60 Å². The lowest BCUT2D eigenvalue weighted by atomic mass is 9.35. The van der Waals surface area contributed by atoms with E-state index in [9.17, 15) is 15.3 Å². The van der Waals surface area contributed by atoms with Gasteiger partial charge in [-0.05, 0) is 117 Å². The summed E-state index contributed by atoms with van der Waals surface area (Å²) in [7, 11) is 0. The van der Waals surface area contributed by atoms with Crippen LogP contribution in [-0.4, -0.2) is 45.3 Å². The minimum Gasteiger partial charge on any atom is -0.393 e. The molecule has 4 aliphatic carbocycles. The van der Waals surface area contributed by atoms with Crippen LogP contribution in [0.1, 0.15) is 106 Å². The molecule has 4 nitrogen and oxygen atoms in total. The van der Waals surface area contributed by atoms with Gasteiger partial charge in [-0.1, -0.05) is 34.6 Å². The highest BCUT2D eigenvalue weighted by Gasteiger charge is 2.70. The molecule has 3 N–H and O–H groups in total. The monoisotopic (exact) mass is 462 g/mol. The molecule has 0 spiro atoms. The molecule has 33 heavy (non-hydrogen) atoms. The summed E-state index contributed by atoms with van der Waals surface area (Å²) in [6.45, 7) is 15.9. The van der Waals surface area contributed by atoms with E-state index in [2.05, 4.69) is 34.6 Å². The van der Waals surface area contributed by atoms with Crippen LogP contribution in [0.2, 0.25) is 0 Å². The molecule has 5 aliphatic rings. The van der Waals surface area contributed by atoms with Crippen LogP contribution < -0.4 is 0 Å². The Morgan fingerprint density at radius 3 is 2.09 bits per heavy atom. The van der Waals surface area contributed by atoms with Gasteiger partial charge in [0.2, 0.25) is 0 Å². The zero-order chi connectivity index (χ0) is 24.2. The summed E-state index contributed by atoms with van der Waals surface area (Å²) in [6, 6.07) is 0. The predicted molar refractivity (Wildman–Crippen MR) is 131 cm³/mol. The molecule has 0 aromatic carbocycles. The molecule has 1 saturated heterocycles. The van der Waals surface area contributed by atoms with Crippen LogP contribution in [0.4, 0.5) is 0 Å². The Balaban J connectivity index is 1.45. The van der Waals surface area contributed by atoms with Gasteiger partial charge in [0, 0.05) is 0 Å². The molecule has 1 aliphatic heterocycles. The molecule has 0 aromatic heterocycles. The summed E-state index contributed by atoms with van der Waals surface area (Å²) >= 11 is 0. The van der Waals surface area contributed by atoms with Crippen molar-refractivity contribution in [3.05, 3.63) is 0 Å². The van der Waals surface area contributed by atoms with Crippen molar-refractivity contribution < 1.29 is 20.1 Å². The van der Waals surface area contributed by atoms with E-state index in [0.717, 1.165) is 38.5 Å². The third-order valence-electron chi connectivity index (χ3n) is 12.7. The molecule has 11 atom stereocenters. The van der Waals surface area contributed by atoms with Crippen LogP contribution in [0.25, 0.3) is 0 Å². The zero-order valence-corrected chi connectivity index (χ0v) is 22.2. The van der Waals surface area contributed by atoms with Gasteiger partial charge in [-0.3, -0.25) is 0 Å². The van der Waals surface area contributed by atoms with Crippen molar-refractivity contribution in [2.75, 3.05) is 0 Å². The molecule has 4 saturated carbocycles. The lowest BCUT2D eigenvalue weighted by Crippen LogP contribution is -2.66. The molecule has 0 amide bonds. The second-order valence-electron chi connectivity index (χ2n) is 14.8. The standard InChI is InChI=1S/C29H50O4/c1-25(2)20-11-15-28(6)21(27(20,5)13-12-22(25)31)16-18(30)24-17(10-14-29(24,28)7)19-8-9-23(33-19)26(3,4)32/h17-24,30-32H,8-16H2,1-7H3/t17?,18-,19?,20?,21?,22+,23+,24?,27?,28?,29-/m1/s1. The van der Waals surface area contributed by atoms with Crippen molar-refractivity contribution in [1.82, 2.24) is 0 Å². The lowest BCUT2D eigenvalue weighted by molar-refractivity contribution is -0.244. The van der Waals surface area contributed by atoms with Crippen molar-refractivity contribution in [2.24, 2.45) is 45.3 Å². The van der Waals surface area contributed by atoms with E-state index >= 15 is 0 Å². The summed E-state index contributed by atoms with van der Waals surface area (Å²) in [6.07, 6.45) is 9.07. The van der Waals surface area contributed by atoms with Gasteiger partial charge in [-0.2, -0.15) is 0 Å². The molecule has 7 unspecified atom stereocenters. The van der Waals surface area contributed by atoms with Crippen LogP contribution in [0.3, 0.4) is 0 Å². The quantitative estimate of drug-likeness (QED) is 0.519. The van der Waals surface area contributed by atoms with Gasteiger partial charge in [-0.15, -0.1) is 0 Å². The summed E-state index contributed by atoms with van der Waals surface area (Å²) in [5.41, 5.74) is -0.351. The molecule has 0 radical (unpaired) electrons. The third kappa shape index (κ3) is 3.22. The first kappa shape index (κ1) is 24.5. The Kier molecular flexibility index (Phi) is 5.52. The van der Waals surface area contributed by atoms with Gasteiger partial charge in [0.25, 0.3) is 0 Å². The number of fused-ring (bicyclic) bond motifs is 5. The first-order valence-corrected chi connectivity index (χ1v) is 13.9. The Morgan fingerprint density at radius 1 is 0.788 bits per heavy atom. The number of aliphatic hydroxyl groups excluding tert-OH is 2. The summed E-state index contributed by atoms with van der Waals surface area (Å²) < 4.78 is 6.48. The highest BCUT2D eigenvalue weighted by Crippen LogP contribution is 2.75. The second kappa shape index (κ2) is 7.43. The Bertz CT molecular complexity index is 772. The largest absolute Gasteiger partial charge is 0.393 e. The maximum atomic E-state index is 11.8. The van der Waals surface area contributed by atoms with Crippen LogP contribution in [0.5, 0.6) is 0 Å². The normalized spacial score (nSPS) is 56.2. The molecule has 0 bridgehead atoms. The van der Waals surface area contributed by atoms with E-state index in [4.69, 9.17) is 4.74 Å². The first-order chi connectivity index (χ1) is 15.2. The zero-order valence-electron chi connectivity index (χ0n) is 22.2. The maximum Gasteiger partial charge on any atom is 0.0861 e. The number of rotatable bonds is 2. The van der Waals surface area contributed by atoms with E-state index in [1.54, 1.807) is 0 Å². The van der Waals surface area contributed by atoms with Gasteiger partial charge in [-0.25, -0.2) is 0 Å². The van der Waals surface area contributed by atoms with Crippen LogP contribution >= 0.6 is 0 Å². The average molecular weight is 463 g/mol. The third-order valence-corrected chi connectivity index (χ3v) is 12.7. The van der Waals surface area contributed by atoms with Gasteiger partial charge in [0.1, 0.15) is 0 Å². The number of hydrogen-bond acceptors (Lipinski definition) is 4. The maximum absolute atomic E-state index is 11.8. The molecule has 1 heterocycles. The van der Waals surface area contributed by atoms with Crippen molar-refractivity contribution in [1.29, 1.82) is 0 Å². The Labute approximate surface area is 201 Å². The predicted octanol–water partition coefficient (Wildman–Crippen LogP) is 5.32.